The Bertz CT molecular complexity index is 550. The third-order valence-corrected chi connectivity index (χ3v) is 2.22. The molecule has 0 bridgehead atoms. The number of hydrogen-bond donors (Lipinski definition) is 1. The number of nitrogens with one attached hydrogen (secondary N) is 1. The quantitative estimate of drug-likeness (QED) is 0.512. The number of allylic oxidation sites excluding steroid dienone is 1. The lowest BCUT2D eigenvalue weighted by Gasteiger charge is -2.05. The first-order valence-electron chi connectivity index (χ1n) is 5.77. The molecule has 1 rings (SSSR count). The Kier molecular flexibility index (Phi) is 5.90. The summed E-state index contributed by atoms with van der Waals surface area (Å²) in [6, 6.07) is 7.02. The van der Waals surface area contributed by atoms with E-state index in [1.807, 2.05) is 13.0 Å². The molecule has 19 heavy (non-hydrogen) atoms. The van der Waals surface area contributed by atoms with Crippen molar-refractivity contribution >= 4 is 17.6 Å². The van der Waals surface area contributed by atoms with Gasteiger partial charge >= 0.3 is 5.97 Å². The predicted molar refractivity (Wildman–Crippen MR) is 73.4 cm³/mol. The zero-order chi connectivity index (χ0) is 14.1. The highest BCUT2D eigenvalue weighted by Gasteiger charge is 2.03. The number of methoxy groups -OCH3 is 1. The largest absolute Gasteiger partial charge is 0.459 e. The van der Waals surface area contributed by atoms with E-state index in [9.17, 15) is 9.59 Å². The fourth-order valence-corrected chi connectivity index (χ4v) is 1.30. The van der Waals surface area contributed by atoms with Crippen LogP contribution in [-0.2, 0) is 14.3 Å². The van der Waals surface area contributed by atoms with E-state index in [1.54, 1.807) is 30.3 Å². The minimum Gasteiger partial charge on any atom is -0.459 e. The Balaban J connectivity index is 2.86. The molecule has 0 spiro atoms. The summed E-state index contributed by atoms with van der Waals surface area (Å²) in [4.78, 5) is 22.6. The lowest BCUT2D eigenvalue weighted by molar-refractivity contribution is -0.133. The van der Waals surface area contributed by atoms with Crippen LogP contribution in [0.15, 0.2) is 36.4 Å². The van der Waals surface area contributed by atoms with Gasteiger partial charge in [-0.3, -0.25) is 4.79 Å². The summed E-state index contributed by atoms with van der Waals surface area (Å²) in [5, 5.41) is 2.74. The van der Waals surface area contributed by atoms with E-state index >= 15 is 0 Å². The molecule has 0 radical (unpaired) electrons. The molecule has 1 N–H and O–H groups in total. The zero-order valence-corrected chi connectivity index (χ0v) is 10.9. The van der Waals surface area contributed by atoms with E-state index in [2.05, 4.69) is 21.9 Å². The van der Waals surface area contributed by atoms with Gasteiger partial charge in [0.25, 0.3) is 0 Å². The number of carbonyl (C=O) groups excluding carboxylic acids is 2. The third kappa shape index (κ3) is 5.09. The molecule has 98 valence electrons. The Hall–Kier alpha value is -2.54. The minimum absolute atomic E-state index is 0.134. The SMILES string of the molecule is C/C=C/CC(=O)Nc1ccccc1C#CC(=O)OC. The normalized spacial score (nSPS) is 9.58. The van der Waals surface area contributed by atoms with Crippen molar-refractivity contribution in [1.29, 1.82) is 0 Å². The van der Waals surface area contributed by atoms with Gasteiger partial charge < -0.3 is 10.1 Å². The molecule has 4 heteroatoms. The Morgan fingerprint density at radius 3 is 2.79 bits per heavy atom. The number of benzene rings is 1. The van der Waals surface area contributed by atoms with Crippen LogP contribution in [0.4, 0.5) is 5.69 Å². The maximum Gasteiger partial charge on any atom is 0.384 e. The monoisotopic (exact) mass is 257 g/mol. The number of amides is 1. The number of para-hydroxylation sites is 1. The van der Waals surface area contributed by atoms with Crippen LogP contribution in [-0.4, -0.2) is 19.0 Å². The topological polar surface area (TPSA) is 55.4 Å². The number of anilines is 1. The number of rotatable bonds is 3. The molecule has 1 aromatic carbocycles. The van der Waals surface area contributed by atoms with E-state index in [4.69, 9.17) is 0 Å². The summed E-state index contributed by atoms with van der Waals surface area (Å²) in [6.07, 6.45) is 3.87. The van der Waals surface area contributed by atoms with Gasteiger partial charge in [0.2, 0.25) is 5.91 Å². The fraction of sp³-hybridized carbons (Fsp3) is 0.200. The van der Waals surface area contributed by atoms with Crippen LogP contribution >= 0.6 is 0 Å². The van der Waals surface area contributed by atoms with E-state index < -0.39 is 5.97 Å². The van der Waals surface area contributed by atoms with Crippen molar-refractivity contribution in [1.82, 2.24) is 0 Å². The molecule has 4 nitrogen and oxygen atoms in total. The lowest BCUT2D eigenvalue weighted by atomic mass is 10.1. The van der Waals surface area contributed by atoms with Crippen molar-refractivity contribution in [3.05, 3.63) is 42.0 Å². The van der Waals surface area contributed by atoms with Gasteiger partial charge in [-0.25, -0.2) is 4.79 Å². The lowest BCUT2D eigenvalue weighted by Crippen LogP contribution is -2.11. The van der Waals surface area contributed by atoms with Gasteiger partial charge in [0.1, 0.15) is 0 Å². The molecular weight excluding hydrogens is 242 g/mol. The van der Waals surface area contributed by atoms with Gasteiger partial charge in [-0.15, -0.1) is 0 Å². The summed E-state index contributed by atoms with van der Waals surface area (Å²) in [5.74, 6) is 4.25. The third-order valence-electron chi connectivity index (χ3n) is 2.22. The molecule has 0 aliphatic heterocycles. The van der Waals surface area contributed by atoms with Gasteiger partial charge in [-0.1, -0.05) is 30.2 Å². The predicted octanol–water partition coefficient (Wildman–Crippen LogP) is 2.12. The van der Waals surface area contributed by atoms with Crippen LogP contribution in [0, 0.1) is 11.8 Å². The molecule has 0 aliphatic rings. The molecule has 0 atom stereocenters. The van der Waals surface area contributed by atoms with Crippen LogP contribution in [0.5, 0.6) is 0 Å². The van der Waals surface area contributed by atoms with Crippen LogP contribution in [0.25, 0.3) is 0 Å². The maximum atomic E-state index is 11.6. The summed E-state index contributed by atoms with van der Waals surface area (Å²) in [7, 11) is 1.27. The number of ether oxygens (including phenoxy) is 1. The first kappa shape index (κ1) is 14.5. The van der Waals surface area contributed by atoms with E-state index in [1.165, 1.54) is 7.11 Å². The second kappa shape index (κ2) is 7.72. The van der Waals surface area contributed by atoms with E-state index in [0.717, 1.165) is 0 Å². The van der Waals surface area contributed by atoms with Crippen LogP contribution < -0.4 is 5.32 Å². The average Bonchev–Trinajstić information content (AvgIpc) is 2.43. The first-order chi connectivity index (χ1) is 9.17. The summed E-state index contributed by atoms with van der Waals surface area (Å²) in [5.41, 5.74) is 1.15. The molecule has 0 unspecified atom stereocenters. The Labute approximate surface area is 112 Å². The molecule has 1 aromatic rings. The molecule has 0 aromatic heterocycles. The second-order valence-corrected chi connectivity index (χ2v) is 3.61. The Morgan fingerprint density at radius 1 is 1.37 bits per heavy atom. The highest BCUT2D eigenvalue weighted by molar-refractivity contribution is 5.94. The van der Waals surface area contributed by atoms with Crippen LogP contribution in [0.2, 0.25) is 0 Å². The van der Waals surface area contributed by atoms with Crippen molar-refractivity contribution in [3.8, 4) is 11.8 Å². The van der Waals surface area contributed by atoms with Gasteiger partial charge in [0.05, 0.1) is 12.8 Å². The van der Waals surface area contributed by atoms with Crippen LogP contribution in [0.3, 0.4) is 0 Å². The van der Waals surface area contributed by atoms with Crippen molar-refractivity contribution in [2.45, 2.75) is 13.3 Å². The summed E-state index contributed by atoms with van der Waals surface area (Å²) < 4.78 is 4.44. The standard InChI is InChI=1S/C15H15NO3/c1-3-4-9-14(17)16-13-8-6-5-7-12(13)10-11-15(18)19-2/h3-8H,9H2,1-2H3,(H,16,17)/b4-3+. The fourth-order valence-electron chi connectivity index (χ4n) is 1.30. The molecule has 0 saturated carbocycles. The molecule has 1 amide bonds. The first-order valence-corrected chi connectivity index (χ1v) is 5.77. The van der Waals surface area contributed by atoms with Gasteiger partial charge in [0.15, 0.2) is 0 Å². The molecule has 0 heterocycles. The van der Waals surface area contributed by atoms with Gasteiger partial charge in [-0.2, -0.15) is 0 Å². The highest BCUT2D eigenvalue weighted by atomic mass is 16.5. The number of carbonyl (C=O) groups is 2. The van der Waals surface area contributed by atoms with Gasteiger partial charge in [-0.05, 0) is 19.1 Å². The molecule has 0 fully saturated rings. The number of hydrogen-bond acceptors (Lipinski definition) is 3. The summed E-state index contributed by atoms with van der Waals surface area (Å²) >= 11 is 0. The smallest absolute Gasteiger partial charge is 0.384 e. The Morgan fingerprint density at radius 2 is 2.11 bits per heavy atom. The van der Waals surface area contributed by atoms with Crippen molar-refractivity contribution in [2.24, 2.45) is 0 Å². The maximum absolute atomic E-state index is 11.6. The van der Waals surface area contributed by atoms with Crippen molar-refractivity contribution < 1.29 is 14.3 Å². The van der Waals surface area contributed by atoms with E-state index in [0.29, 0.717) is 17.7 Å². The highest BCUT2D eigenvalue weighted by Crippen LogP contribution is 2.13. The average molecular weight is 257 g/mol. The van der Waals surface area contributed by atoms with Gasteiger partial charge in [0, 0.05) is 17.9 Å². The summed E-state index contributed by atoms with van der Waals surface area (Å²) in [6.45, 7) is 1.85. The van der Waals surface area contributed by atoms with Crippen LogP contribution in [0.1, 0.15) is 18.9 Å². The molecular formula is C15H15NO3. The zero-order valence-electron chi connectivity index (χ0n) is 10.9. The number of esters is 1. The molecule has 0 saturated heterocycles. The molecule has 0 aliphatic carbocycles. The van der Waals surface area contributed by atoms with E-state index in [-0.39, 0.29) is 5.91 Å². The minimum atomic E-state index is -0.616. The second-order valence-electron chi connectivity index (χ2n) is 3.61. The van der Waals surface area contributed by atoms with Crippen molar-refractivity contribution in [3.63, 3.8) is 0 Å². The van der Waals surface area contributed by atoms with Crippen molar-refractivity contribution in [2.75, 3.05) is 12.4 Å².